The molecule has 2 aliphatic heterocycles. The zero-order chi connectivity index (χ0) is 25.0. The van der Waals surface area contributed by atoms with Crippen LogP contribution in [0.5, 0.6) is 0 Å². The monoisotopic (exact) mass is 497 g/mol. The zero-order valence-corrected chi connectivity index (χ0v) is 21.2. The lowest BCUT2D eigenvalue weighted by Gasteiger charge is -2.51. The van der Waals surface area contributed by atoms with Crippen LogP contribution in [0.4, 0.5) is 0 Å². The summed E-state index contributed by atoms with van der Waals surface area (Å²) in [7, 11) is 0. The molecule has 4 aromatic rings. The van der Waals surface area contributed by atoms with E-state index in [1.807, 2.05) is 49.4 Å². The number of carbonyl (C=O) groups is 2. The number of benzene rings is 3. The maximum atomic E-state index is 14.1. The van der Waals surface area contributed by atoms with Gasteiger partial charge in [0.25, 0.3) is 5.91 Å². The molecule has 3 aromatic carbocycles. The number of para-hydroxylation sites is 1. The van der Waals surface area contributed by atoms with E-state index in [4.69, 9.17) is 11.6 Å². The number of nitrogens with zero attached hydrogens (tertiary/aromatic N) is 2. The number of halogens is 1. The molecule has 2 aliphatic rings. The molecule has 182 valence electrons. The Balaban J connectivity index is 1.43. The molecule has 0 radical (unpaired) electrons. The number of piperazine rings is 1. The molecule has 1 saturated heterocycles. The normalized spacial score (nSPS) is 21.6. The van der Waals surface area contributed by atoms with Crippen LogP contribution >= 0.6 is 11.6 Å². The number of nitrogens with one attached hydrogen (secondary N) is 1. The van der Waals surface area contributed by atoms with Gasteiger partial charge in [0.15, 0.2) is 5.54 Å². The summed E-state index contributed by atoms with van der Waals surface area (Å²) in [6.07, 6.45) is 0.665. The molecule has 5 nitrogen and oxygen atoms in total. The van der Waals surface area contributed by atoms with Crippen molar-refractivity contribution in [2.24, 2.45) is 0 Å². The Morgan fingerprint density at radius 1 is 1.00 bits per heavy atom. The maximum Gasteiger partial charge on any atom is 0.254 e. The van der Waals surface area contributed by atoms with E-state index in [1.54, 1.807) is 9.80 Å². The van der Waals surface area contributed by atoms with Gasteiger partial charge >= 0.3 is 0 Å². The van der Waals surface area contributed by atoms with Gasteiger partial charge in [-0.3, -0.25) is 9.59 Å². The highest BCUT2D eigenvalue weighted by atomic mass is 35.5. The van der Waals surface area contributed by atoms with Gasteiger partial charge < -0.3 is 14.8 Å². The lowest BCUT2D eigenvalue weighted by molar-refractivity contribution is -0.166. The molecule has 0 aliphatic carbocycles. The van der Waals surface area contributed by atoms with Crippen LogP contribution in [-0.2, 0) is 21.5 Å². The molecule has 36 heavy (non-hydrogen) atoms. The molecule has 1 N–H and O–H groups in total. The van der Waals surface area contributed by atoms with E-state index >= 15 is 0 Å². The number of aromatic nitrogens is 1. The second-order valence-electron chi connectivity index (χ2n) is 10.1. The summed E-state index contributed by atoms with van der Waals surface area (Å²) in [5.74, 6) is -0.0666. The van der Waals surface area contributed by atoms with Crippen LogP contribution in [0.3, 0.4) is 0 Å². The second kappa shape index (κ2) is 8.52. The highest BCUT2D eigenvalue weighted by Crippen LogP contribution is 2.48. The van der Waals surface area contributed by atoms with Gasteiger partial charge in [-0.2, -0.15) is 0 Å². The number of fused-ring (bicyclic) bond motifs is 5. The summed E-state index contributed by atoms with van der Waals surface area (Å²) >= 11 is 6.02. The number of amides is 2. The van der Waals surface area contributed by atoms with E-state index in [2.05, 4.69) is 42.2 Å². The number of carbonyl (C=O) groups excluding carboxylic acids is 2. The number of hydrogen-bond acceptors (Lipinski definition) is 2. The van der Waals surface area contributed by atoms with E-state index in [9.17, 15) is 9.59 Å². The van der Waals surface area contributed by atoms with Crippen LogP contribution in [-0.4, -0.2) is 46.2 Å². The lowest BCUT2D eigenvalue weighted by Crippen LogP contribution is -2.67. The van der Waals surface area contributed by atoms with Gasteiger partial charge in [0.2, 0.25) is 5.91 Å². The predicted octanol–water partition coefficient (Wildman–Crippen LogP) is 5.40. The fraction of sp³-hybridized carbons (Fsp3) is 0.267. The highest BCUT2D eigenvalue weighted by Gasteiger charge is 2.56. The van der Waals surface area contributed by atoms with Crippen molar-refractivity contribution in [1.29, 1.82) is 0 Å². The SMILES string of the molecule is Cc1ccc([C@H]2CN3C(=O)CN(CCc4ccc(Cl)cc4)C(=O)[C@]3(C)c3[nH]c4ccccc4c32)cc1. The van der Waals surface area contributed by atoms with Gasteiger partial charge in [-0.15, -0.1) is 0 Å². The van der Waals surface area contributed by atoms with Crippen LogP contribution in [0.2, 0.25) is 5.02 Å². The topological polar surface area (TPSA) is 56.4 Å². The number of rotatable bonds is 4. The lowest BCUT2D eigenvalue weighted by atomic mass is 9.76. The molecule has 1 fully saturated rings. The Hall–Kier alpha value is -3.57. The van der Waals surface area contributed by atoms with Crippen molar-refractivity contribution >= 4 is 34.3 Å². The van der Waals surface area contributed by atoms with E-state index < -0.39 is 5.54 Å². The summed E-state index contributed by atoms with van der Waals surface area (Å²) in [5.41, 5.74) is 5.29. The molecular formula is C30H28ClN3O2. The quantitative estimate of drug-likeness (QED) is 0.410. The van der Waals surface area contributed by atoms with Crippen molar-refractivity contribution in [1.82, 2.24) is 14.8 Å². The molecule has 0 unspecified atom stereocenters. The van der Waals surface area contributed by atoms with Crippen molar-refractivity contribution in [2.75, 3.05) is 19.6 Å². The Labute approximate surface area is 215 Å². The number of H-pyrrole nitrogens is 1. The highest BCUT2D eigenvalue weighted by molar-refractivity contribution is 6.30. The molecule has 6 heteroatoms. The molecule has 3 heterocycles. The third-order valence-corrected chi connectivity index (χ3v) is 8.13. The molecule has 0 saturated carbocycles. The van der Waals surface area contributed by atoms with Gasteiger partial charge in [-0.25, -0.2) is 0 Å². The van der Waals surface area contributed by atoms with Gasteiger partial charge in [-0.1, -0.05) is 71.8 Å². The molecule has 0 bridgehead atoms. The number of hydrogen-bond donors (Lipinski definition) is 1. The summed E-state index contributed by atoms with van der Waals surface area (Å²) in [4.78, 5) is 34.8. The summed E-state index contributed by atoms with van der Waals surface area (Å²) in [5, 5.41) is 1.79. The predicted molar refractivity (Wildman–Crippen MR) is 142 cm³/mol. The van der Waals surface area contributed by atoms with E-state index in [1.165, 1.54) is 5.56 Å². The second-order valence-corrected chi connectivity index (χ2v) is 10.5. The Morgan fingerprint density at radius 3 is 2.47 bits per heavy atom. The van der Waals surface area contributed by atoms with Gasteiger partial charge in [0.05, 0.1) is 12.2 Å². The van der Waals surface area contributed by atoms with Crippen LogP contribution in [0, 0.1) is 6.92 Å². The van der Waals surface area contributed by atoms with Crippen LogP contribution in [0.1, 0.15) is 40.8 Å². The molecule has 0 spiro atoms. The molecule has 1 aromatic heterocycles. The maximum absolute atomic E-state index is 14.1. The van der Waals surface area contributed by atoms with Crippen LogP contribution in [0.15, 0.2) is 72.8 Å². The number of aromatic amines is 1. The Bertz CT molecular complexity index is 1470. The van der Waals surface area contributed by atoms with Crippen molar-refractivity contribution in [3.05, 3.63) is 106 Å². The summed E-state index contributed by atoms with van der Waals surface area (Å²) < 4.78 is 0. The first-order chi connectivity index (χ1) is 17.4. The van der Waals surface area contributed by atoms with E-state index in [0.717, 1.165) is 33.3 Å². The van der Waals surface area contributed by atoms with Crippen molar-refractivity contribution < 1.29 is 9.59 Å². The fourth-order valence-electron chi connectivity index (χ4n) is 5.87. The molecule has 2 atom stereocenters. The minimum absolute atomic E-state index is 0.0119. The summed E-state index contributed by atoms with van der Waals surface area (Å²) in [6.45, 7) is 5.03. The number of aryl methyl sites for hydroxylation is 1. The van der Waals surface area contributed by atoms with Crippen LogP contribution < -0.4 is 0 Å². The minimum atomic E-state index is -1.08. The summed E-state index contributed by atoms with van der Waals surface area (Å²) in [6, 6.07) is 24.3. The van der Waals surface area contributed by atoms with Gasteiger partial charge in [-0.05, 0) is 55.2 Å². The van der Waals surface area contributed by atoms with Gasteiger partial charge in [0.1, 0.15) is 0 Å². The molecule has 6 rings (SSSR count). The average Bonchev–Trinajstić information content (AvgIpc) is 3.28. The fourth-order valence-corrected chi connectivity index (χ4v) is 6.00. The first kappa shape index (κ1) is 22.9. The Morgan fingerprint density at radius 2 is 1.72 bits per heavy atom. The molecular weight excluding hydrogens is 470 g/mol. The third-order valence-electron chi connectivity index (χ3n) is 7.88. The van der Waals surface area contributed by atoms with Crippen molar-refractivity contribution in [2.45, 2.75) is 31.7 Å². The van der Waals surface area contributed by atoms with Crippen LogP contribution in [0.25, 0.3) is 10.9 Å². The smallest absolute Gasteiger partial charge is 0.254 e. The zero-order valence-electron chi connectivity index (χ0n) is 20.4. The molecule has 2 amide bonds. The first-order valence-electron chi connectivity index (χ1n) is 12.4. The first-order valence-corrected chi connectivity index (χ1v) is 12.8. The van der Waals surface area contributed by atoms with E-state index in [-0.39, 0.29) is 24.3 Å². The van der Waals surface area contributed by atoms with Gasteiger partial charge in [0, 0.05) is 34.9 Å². The minimum Gasteiger partial charge on any atom is -0.356 e. The van der Waals surface area contributed by atoms with Crippen molar-refractivity contribution in [3.8, 4) is 0 Å². The average molecular weight is 498 g/mol. The Kier molecular flexibility index (Phi) is 5.41. The standard InChI is InChI=1S/C30H28ClN3O2/c1-19-7-11-21(12-8-19)24-17-34-26(35)18-33(16-15-20-9-13-22(31)14-10-20)29(36)30(34,2)28-27(24)23-5-3-4-6-25(23)32-28/h3-14,24,32H,15-18H2,1-2H3/t24-,30+/m1/s1. The van der Waals surface area contributed by atoms with E-state index in [0.29, 0.717) is 24.5 Å². The van der Waals surface area contributed by atoms with Crippen molar-refractivity contribution in [3.63, 3.8) is 0 Å². The largest absolute Gasteiger partial charge is 0.356 e. The third kappa shape index (κ3) is 3.53.